The summed E-state index contributed by atoms with van der Waals surface area (Å²) < 4.78 is 14.2. The fraction of sp³-hybridized carbons (Fsp3) is 0.812. The number of allylic oxidation sites excluding steroid dienone is 5. The van der Waals surface area contributed by atoms with Crippen molar-refractivity contribution >= 4 is 36.8 Å². The van der Waals surface area contributed by atoms with Gasteiger partial charge in [-0.1, -0.05) is 0 Å². The molecular formula is C32H64Sn2. The third kappa shape index (κ3) is 14.5. The summed E-state index contributed by atoms with van der Waals surface area (Å²) >= 11 is -4.42. The van der Waals surface area contributed by atoms with Crippen molar-refractivity contribution in [3.63, 3.8) is 0 Å². The SMILES string of the molecule is CCC[CH2][Sn](/[CH]=C(C)/C=C/C=[C](\C)[Sn]([CH2]CCC)([CH2]CCC)[CH2]CCC)([CH2]CCC)[CH2]CCC. The van der Waals surface area contributed by atoms with E-state index in [-0.39, 0.29) is 0 Å². The molecule has 0 unspecified atom stereocenters. The molecule has 0 spiro atoms. The van der Waals surface area contributed by atoms with E-state index < -0.39 is 36.8 Å². The number of hydrogen-bond donors (Lipinski definition) is 0. The molecule has 0 aliphatic carbocycles. The quantitative estimate of drug-likeness (QED) is 0.0786. The van der Waals surface area contributed by atoms with E-state index in [1.54, 1.807) is 32.2 Å². The molecule has 0 aromatic heterocycles. The van der Waals surface area contributed by atoms with Gasteiger partial charge in [0, 0.05) is 0 Å². The first-order chi connectivity index (χ1) is 16.4. The summed E-state index contributed by atoms with van der Waals surface area (Å²) in [5.41, 5.74) is 1.58. The standard InChI is InChI=1S/C8H10.6C4H9.2Sn/c1-4-5-6-7-8(2)3;6*1-3-4-2;;/h2,5-7H,1,3H3;6*1,3-4H2,2H3;;/b5-4?,7-6+,8-2?;;;;;;;;. The first-order valence-corrected chi connectivity index (χ1v) is 30.6. The van der Waals surface area contributed by atoms with Crippen LogP contribution in [0, 0.1) is 0 Å². The van der Waals surface area contributed by atoms with Gasteiger partial charge in [-0.3, -0.25) is 0 Å². The second-order valence-corrected chi connectivity index (χ2v) is 38.1. The van der Waals surface area contributed by atoms with Crippen molar-refractivity contribution in [2.75, 3.05) is 0 Å². The Morgan fingerprint density at radius 3 is 1.24 bits per heavy atom. The molecule has 0 heterocycles. The van der Waals surface area contributed by atoms with Gasteiger partial charge in [0.2, 0.25) is 0 Å². The van der Waals surface area contributed by atoms with Crippen molar-refractivity contribution in [1.29, 1.82) is 0 Å². The van der Waals surface area contributed by atoms with Crippen LogP contribution >= 0.6 is 0 Å². The molecule has 0 radical (unpaired) electrons. The first kappa shape index (κ1) is 34.8. The van der Waals surface area contributed by atoms with Crippen LogP contribution in [0.3, 0.4) is 0 Å². The summed E-state index contributed by atoms with van der Waals surface area (Å²) in [4.78, 5) is 0. The van der Waals surface area contributed by atoms with E-state index in [4.69, 9.17) is 0 Å². The second-order valence-electron chi connectivity index (χ2n) is 11.4. The van der Waals surface area contributed by atoms with Gasteiger partial charge in [-0.25, -0.2) is 0 Å². The number of rotatable bonds is 22. The van der Waals surface area contributed by atoms with Crippen LogP contribution < -0.4 is 0 Å². The Morgan fingerprint density at radius 1 is 0.529 bits per heavy atom. The molecule has 0 N–H and O–H groups in total. The van der Waals surface area contributed by atoms with Crippen molar-refractivity contribution in [2.45, 2.75) is 159 Å². The zero-order valence-electron chi connectivity index (χ0n) is 25.0. The molecular weight excluding hydrogens is 622 g/mol. The molecule has 0 fully saturated rings. The molecule has 0 nitrogen and oxygen atoms in total. The van der Waals surface area contributed by atoms with Crippen molar-refractivity contribution in [3.8, 4) is 0 Å². The van der Waals surface area contributed by atoms with Crippen molar-refractivity contribution in [3.05, 3.63) is 31.5 Å². The molecule has 0 saturated carbocycles. The Kier molecular flexibility index (Phi) is 22.4. The van der Waals surface area contributed by atoms with Gasteiger partial charge in [-0.2, -0.15) is 0 Å². The van der Waals surface area contributed by atoms with Gasteiger partial charge < -0.3 is 0 Å². The van der Waals surface area contributed by atoms with Crippen LogP contribution in [0.2, 0.25) is 26.6 Å². The summed E-state index contributed by atoms with van der Waals surface area (Å²) in [6.07, 6.45) is 24.5. The van der Waals surface area contributed by atoms with E-state index in [2.05, 4.69) is 77.7 Å². The molecule has 0 bridgehead atoms. The Labute approximate surface area is 225 Å². The third-order valence-corrected chi connectivity index (χ3v) is 39.3. The topological polar surface area (TPSA) is 0 Å². The Bertz CT molecular complexity index is 526. The molecule has 0 aromatic rings. The normalized spacial score (nSPS) is 13.9. The van der Waals surface area contributed by atoms with Crippen LogP contribution in [0.15, 0.2) is 31.5 Å². The summed E-state index contributed by atoms with van der Waals surface area (Å²) in [6.45, 7) is 19.3. The fourth-order valence-corrected chi connectivity index (χ4v) is 36.8. The van der Waals surface area contributed by atoms with Crippen molar-refractivity contribution < 1.29 is 0 Å². The number of hydrogen-bond acceptors (Lipinski definition) is 0. The minimum absolute atomic E-state index is 1.37. The monoisotopic (exact) mass is 688 g/mol. The van der Waals surface area contributed by atoms with Crippen LogP contribution in [-0.4, -0.2) is 36.8 Å². The van der Waals surface area contributed by atoms with Crippen molar-refractivity contribution in [1.82, 2.24) is 0 Å². The minimum atomic E-state index is -2.23. The van der Waals surface area contributed by atoms with Gasteiger partial charge in [-0.15, -0.1) is 0 Å². The van der Waals surface area contributed by atoms with Crippen LogP contribution in [0.25, 0.3) is 0 Å². The van der Waals surface area contributed by atoms with Crippen LogP contribution in [0.4, 0.5) is 0 Å². The Morgan fingerprint density at radius 2 is 0.882 bits per heavy atom. The maximum atomic E-state index is 2.90. The summed E-state index contributed by atoms with van der Waals surface area (Å²) in [6, 6.07) is 0. The summed E-state index contributed by atoms with van der Waals surface area (Å²) in [5, 5.41) is 0. The first-order valence-electron chi connectivity index (χ1n) is 15.4. The van der Waals surface area contributed by atoms with Gasteiger partial charge in [0.25, 0.3) is 0 Å². The molecule has 0 rings (SSSR count). The maximum absolute atomic E-state index is 2.90. The van der Waals surface area contributed by atoms with E-state index >= 15 is 0 Å². The molecule has 0 amide bonds. The average Bonchev–Trinajstić information content (AvgIpc) is 2.84. The Hall–Kier alpha value is 0.817. The summed E-state index contributed by atoms with van der Waals surface area (Å²) in [7, 11) is 0. The van der Waals surface area contributed by atoms with Crippen LogP contribution in [0.1, 0.15) is 132 Å². The molecule has 0 saturated heterocycles. The summed E-state index contributed by atoms with van der Waals surface area (Å²) in [5.74, 6) is 0. The Balaban J connectivity index is 5.84. The van der Waals surface area contributed by atoms with Crippen molar-refractivity contribution in [2.24, 2.45) is 0 Å². The molecule has 200 valence electrons. The zero-order chi connectivity index (χ0) is 25.7. The van der Waals surface area contributed by atoms with E-state index in [1.165, 1.54) is 77.0 Å². The molecule has 0 aliphatic rings. The van der Waals surface area contributed by atoms with E-state index in [0.717, 1.165) is 0 Å². The zero-order valence-corrected chi connectivity index (χ0v) is 30.7. The fourth-order valence-electron chi connectivity index (χ4n) is 5.74. The van der Waals surface area contributed by atoms with Crippen LogP contribution in [-0.2, 0) is 0 Å². The second kappa shape index (κ2) is 21.9. The molecule has 2 heteroatoms. The van der Waals surface area contributed by atoms with Gasteiger partial charge in [0.1, 0.15) is 0 Å². The van der Waals surface area contributed by atoms with E-state index in [0.29, 0.717) is 0 Å². The predicted octanol–water partition coefficient (Wildman–Crippen LogP) is 12.2. The van der Waals surface area contributed by atoms with Gasteiger partial charge >= 0.3 is 227 Å². The number of unbranched alkanes of at least 4 members (excludes halogenated alkanes) is 6. The van der Waals surface area contributed by atoms with Gasteiger partial charge in [-0.05, 0) is 0 Å². The predicted molar refractivity (Wildman–Crippen MR) is 166 cm³/mol. The van der Waals surface area contributed by atoms with Gasteiger partial charge in [0.15, 0.2) is 0 Å². The van der Waals surface area contributed by atoms with E-state index in [1.807, 2.05) is 3.59 Å². The average molecular weight is 686 g/mol. The molecule has 34 heavy (non-hydrogen) atoms. The molecule has 0 atom stereocenters. The molecule has 0 aromatic carbocycles. The third-order valence-electron chi connectivity index (χ3n) is 8.19. The van der Waals surface area contributed by atoms with E-state index in [9.17, 15) is 0 Å². The van der Waals surface area contributed by atoms with Gasteiger partial charge in [0.05, 0.1) is 0 Å². The molecule has 0 aliphatic heterocycles. The van der Waals surface area contributed by atoms with Crippen LogP contribution in [0.5, 0.6) is 0 Å².